The number of carbonyl (C=O) groups is 2. The van der Waals surface area contributed by atoms with Crippen LogP contribution >= 0.6 is 22.9 Å². The third-order valence-corrected chi connectivity index (χ3v) is 6.36. The Kier molecular flexibility index (Phi) is 9.13. The number of nitrogens with zero attached hydrogens (tertiary/aromatic N) is 4. The summed E-state index contributed by atoms with van der Waals surface area (Å²) in [7, 11) is 0. The predicted octanol–water partition coefficient (Wildman–Crippen LogP) is 6.28. The number of alkyl halides is 3. The molecule has 198 valence electrons. The minimum atomic E-state index is -4.70. The van der Waals surface area contributed by atoms with Gasteiger partial charge >= 0.3 is 6.18 Å². The monoisotopic (exact) mass is 562 g/mol. The smallest absolute Gasteiger partial charge is 0.342 e. The van der Waals surface area contributed by atoms with E-state index in [9.17, 15) is 22.8 Å². The van der Waals surface area contributed by atoms with E-state index in [2.05, 4.69) is 37.1 Å². The molecule has 3 aromatic rings. The first-order valence-electron chi connectivity index (χ1n) is 11.0. The summed E-state index contributed by atoms with van der Waals surface area (Å²) in [5, 5.41) is 4.87. The molecule has 0 spiro atoms. The summed E-state index contributed by atoms with van der Waals surface area (Å²) in [6.45, 7) is 9.34. The molecule has 0 saturated carbocycles. The van der Waals surface area contributed by atoms with Gasteiger partial charge < -0.3 is 10.6 Å². The Morgan fingerprint density at radius 3 is 2.42 bits per heavy atom. The van der Waals surface area contributed by atoms with E-state index in [0.29, 0.717) is 22.3 Å². The Morgan fingerprint density at radius 1 is 1.05 bits per heavy atom. The van der Waals surface area contributed by atoms with Crippen molar-refractivity contribution in [3.8, 4) is 0 Å². The average Bonchev–Trinajstić information content (AvgIpc) is 3.36. The number of anilines is 1. The Balaban J connectivity index is 1.70. The molecule has 0 bridgehead atoms. The van der Waals surface area contributed by atoms with Gasteiger partial charge in [0.25, 0.3) is 11.8 Å². The molecule has 0 saturated heterocycles. The van der Waals surface area contributed by atoms with E-state index in [1.54, 1.807) is 13.0 Å². The zero-order chi connectivity index (χ0) is 28.0. The maximum Gasteiger partial charge on any atom is 0.418 e. The number of hydrogen-bond acceptors (Lipinski definition) is 7. The molecule has 1 atom stereocenters. The molecule has 3 heterocycles. The van der Waals surface area contributed by atoms with Crippen molar-refractivity contribution in [2.75, 3.05) is 5.32 Å². The lowest BCUT2D eigenvalue weighted by Gasteiger charge is -2.11. The van der Waals surface area contributed by atoms with Gasteiger partial charge in [-0.2, -0.15) is 13.2 Å². The van der Waals surface area contributed by atoms with E-state index >= 15 is 0 Å². The van der Waals surface area contributed by atoms with Gasteiger partial charge in [0.2, 0.25) is 0 Å². The summed E-state index contributed by atoms with van der Waals surface area (Å²) < 4.78 is 39.2. The third-order valence-electron chi connectivity index (χ3n) is 4.88. The van der Waals surface area contributed by atoms with Gasteiger partial charge in [-0.1, -0.05) is 42.0 Å². The van der Waals surface area contributed by atoms with Crippen molar-refractivity contribution in [3.05, 3.63) is 93.1 Å². The van der Waals surface area contributed by atoms with Crippen molar-refractivity contribution in [1.82, 2.24) is 25.3 Å². The molecule has 2 N–H and O–H groups in total. The van der Waals surface area contributed by atoms with Crippen molar-refractivity contribution < 1.29 is 22.8 Å². The van der Waals surface area contributed by atoms with Gasteiger partial charge in [0.15, 0.2) is 0 Å². The zero-order valence-electron chi connectivity index (χ0n) is 20.4. The maximum absolute atomic E-state index is 13.1. The number of aromatic nitrogens is 4. The van der Waals surface area contributed by atoms with Crippen molar-refractivity contribution in [3.63, 3.8) is 0 Å². The van der Waals surface area contributed by atoms with Crippen LogP contribution in [0.5, 0.6) is 0 Å². The number of amides is 2. The van der Waals surface area contributed by atoms with Crippen LogP contribution in [0, 0.1) is 0 Å². The SMILES string of the molecule is C=C/C(=C\C=C(C)C)c1cc(C(=O)NC(C)c2ncc(C(=O)Nc3cc(C(F)(F)F)c(Cl)cn3)s2)ncn1. The van der Waals surface area contributed by atoms with E-state index in [4.69, 9.17) is 11.6 Å². The van der Waals surface area contributed by atoms with Crippen LogP contribution in [-0.2, 0) is 6.18 Å². The van der Waals surface area contributed by atoms with Gasteiger partial charge in [0.05, 0.1) is 28.5 Å². The predicted molar refractivity (Wildman–Crippen MR) is 140 cm³/mol. The van der Waals surface area contributed by atoms with E-state index in [1.807, 2.05) is 26.0 Å². The van der Waals surface area contributed by atoms with E-state index < -0.39 is 34.6 Å². The Hall–Kier alpha value is -3.90. The Labute approximate surface area is 225 Å². The fourth-order valence-electron chi connectivity index (χ4n) is 2.98. The van der Waals surface area contributed by atoms with Crippen LogP contribution in [0.1, 0.15) is 63.2 Å². The van der Waals surface area contributed by atoms with Crippen LogP contribution in [0.3, 0.4) is 0 Å². The number of thiazole rings is 1. The first-order valence-corrected chi connectivity index (χ1v) is 12.2. The topological polar surface area (TPSA) is 110 Å². The molecule has 38 heavy (non-hydrogen) atoms. The van der Waals surface area contributed by atoms with Crippen LogP contribution in [0.2, 0.25) is 5.02 Å². The summed E-state index contributed by atoms with van der Waals surface area (Å²) in [5.41, 5.74) is 1.31. The fraction of sp³-hybridized carbons (Fsp3) is 0.200. The van der Waals surface area contributed by atoms with Crippen molar-refractivity contribution in [2.24, 2.45) is 0 Å². The van der Waals surface area contributed by atoms with Gasteiger partial charge in [0, 0.05) is 6.20 Å². The quantitative estimate of drug-likeness (QED) is 0.313. The molecular weight excluding hydrogens is 541 g/mol. The highest BCUT2D eigenvalue weighted by molar-refractivity contribution is 7.13. The first kappa shape index (κ1) is 28.7. The van der Waals surface area contributed by atoms with Crippen molar-refractivity contribution in [1.29, 1.82) is 0 Å². The maximum atomic E-state index is 13.1. The zero-order valence-corrected chi connectivity index (χ0v) is 22.0. The molecule has 0 aromatic carbocycles. The highest BCUT2D eigenvalue weighted by atomic mass is 35.5. The molecule has 1 unspecified atom stereocenters. The Morgan fingerprint density at radius 2 is 1.76 bits per heavy atom. The molecule has 0 radical (unpaired) electrons. The van der Waals surface area contributed by atoms with Crippen LogP contribution in [0.15, 0.2) is 61.2 Å². The van der Waals surface area contributed by atoms with Gasteiger partial charge in [-0.05, 0) is 38.5 Å². The van der Waals surface area contributed by atoms with Crippen molar-refractivity contribution in [2.45, 2.75) is 33.0 Å². The van der Waals surface area contributed by atoms with Gasteiger partial charge in [0.1, 0.15) is 27.7 Å². The second-order valence-corrected chi connectivity index (χ2v) is 9.59. The second kappa shape index (κ2) is 12.1. The Bertz CT molecular complexity index is 1430. The van der Waals surface area contributed by atoms with Crippen LogP contribution in [0.4, 0.5) is 19.0 Å². The summed E-state index contributed by atoms with van der Waals surface area (Å²) in [5.74, 6) is -1.52. The number of hydrogen-bond donors (Lipinski definition) is 2. The van der Waals surface area contributed by atoms with Gasteiger partial charge in [-0.15, -0.1) is 11.3 Å². The molecule has 0 fully saturated rings. The molecule has 8 nitrogen and oxygen atoms in total. The molecule has 3 aromatic heterocycles. The lowest BCUT2D eigenvalue weighted by atomic mass is 10.1. The first-order chi connectivity index (χ1) is 17.9. The standard InChI is InChI=1S/C25H22ClF3N6O2S/c1-5-15(7-6-13(2)3)18-9-19(33-12-32-18)22(36)34-14(4)24-31-11-20(38-24)23(37)35-21-8-16(25(27,28)29)17(26)10-30-21/h5-12,14H,1H2,2-4H3,(H,34,36)(H,30,35,37)/b15-7+. The van der Waals surface area contributed by atoms with Crippen LogP contribution in [-0.4, -0.2) is 31.8 Å². The second-order valence-electron chi connectivity index (χ2n) is 8.12. The summed E-state index contributed by atoms with van der Waals surface area (Å²) in [6, 6.07) is 1.58. The number of allylic oxidation sites excluding steroid dienone is 5. The fourth-order valence-corrected chi connectivity index (χ4v) is 4.01. The summed E-state index contributed by atoms with van der Waals surface area (Å²) in [4.78, 5) is 41.6. The van der Waals surface area contributed by atoms with Crippen molar-refractivity contribution >= 4 is 46.1 Å². The minimum Gasteiger partial charge on any atom is -0.342 e. The number of nitrogens with one attached hydrogen (secondary N) is 2. The normalized spacial score (nSPS) is 12.4. The van der Waals surface area contributed by atoms with Crippen LogP contribution < -0.4 is 10.6 Å². The highest BCUT2D eigenvalue weighted by Gasteiger charge is 2.34. The van der Waals surface area contributed by atoms with Gasteiger partial charge in [-0.3, -0.25) is 9.59 Å². The number of rotatable bonds is 8. The molecule has 2 amide bonds. The van der Waals surface area contributed by atoms with Gasteiger partial charge in [-0.25, -0.2) is 19.9 Å². The number of carbonyl (C=O) groups excluding carboxylic acids is 2. The van der Waals surface area contributed by atoms with E-state index in [0.717, 1.165) is 23.1 Å². The van der Waals surface area contributed by atoms with E-state index in [1.165, 1.54) is 18.6 Å². The molecule has 0 aliphatic heterocycles. The minimum absolute atomic E-state index is 0.107. The molecule has 0 aliphatic carbocycles. The molecule has 0 aliphatic rings. The highest BCUT2D eigenvalue weighted by Crippen LogP contribution is 2.35. The third kappa shape index (κ3) is 7.33. The lowest BCUT2D eigenvalue weighted by Crippen LogP contribution is -2.27. The molecular formula is C25H22ClF3N6O2S. The summed E-state index contributed by atoms with van der Waals surface area (Å²) >= 11 is 6.52. The summed E-state index contributed by atoms with van der Waals surface area (Å²) in [6.07, 6.45) is 3.99. The average molecular weight is 563 g/mol. The number of halogens is 4. The van der Waals surface area contributed by atoms with Crippen LogP contribution in [0.25, 0.3) is 5.57 Å². The lowest BCUT2D eigenvalue weighted by molar-refractivity contribution is -0.137. The number of pyridine rings is 1. The molecule has 3 rings (SSSR count). The molecule has 13 heteroatoms. The van der Waals surface area contributed by atoms with E-state index in [-0.39, 0.29) is 16.4 Å². The largest absolute Gasteiger partial charge is 0.418 e.